The van der Waals surface area contributed by atoms with Gasteiger partial charge in [-0.15, -0.1) is 0 Å². The summed E-state index contributed by atoms with van der Waals surface area (Å²) in [5.74, 6) is -1.34. The van der Waals surface area contributed by atoms with Gasteiger partial charge in [0.05, 0.1) is 18.1 Å². The third kappa shape index (κ3) is 4.78. The number of aromatic nitrogens is 1. The minimum atomic E-state index is -1.26. The number of hydrogen-bond donors (Lipinski definition) is 3. The summed E-state index contributed by atoms with van der Waals surface area (Å²) in [6.07, 6.45) is 0.538. The summed E-state index contributed by atoms with van der Waals surface area (Å²) in [5, 5.41) is 30.8. The topological polar surface area (TPSA) is 135 Å². The van der Waals surface area contributed by atoms with E-state index in [0.717, 1.165) is 12.1 Å². The van der Waals surface area contributed by atoms with Gasteiger partial charge >= 0.3 is 11.7 Å². The zero-order chi connectivity index (χ0) is 15.0. The Kier molecular flexibility index (Phi) is 6.33. The van der Waals surface area contributed by atoms with E-state index in [2.05, 4.69) is 10.3 Å². The number of carboxylic acid groups (broad SMARTS) is 1. The van der Waals surface area contributed by atoms with E-state index in [1.807, 2.05) is 0 Å². The van der Waals surface area contributed by atoms with E-state index in [-0.39, 0.29) is 30.4 Å². The van der Waals surface area contributed by atoms with Crippen molar-refractivity contribution in [1.82, 2.24) is 4.98 Å². The summed E-state index contributed by atoms with van der Waals surface area (Å²) in [7, 11) is 0. The zero-order valence-electron chi connectivity index (χ0n) is 10.6. The SMILES string of the molecule is O=C(O)c1ccc([N+](=O)[O-])c(NCCCOCCO)n1. The van der Waals surface area contributed by atoms with Crippen LogP contribution in [-0.2, 0) is 4.74 Å². The number of ether oxygens (including phenoxy) is 1. The molecule has 0 unspecified atom stereocenters. The first-order valence-electron chi connectivity index (χ1n) is 5.87. The number of anilines is 1. The third-order valence-electron chi connectivity index (χ3n) is 2.28. The van der Waals surface area contributed by atoms with E-state index >= 15 is 0 Å². The minimum Gasteiger partial charge on any atom is -0.477 e. The number of hydrogen-bond acceptors (Lipinski definition) is 7. The van der Waals surface area contributed by atoms with Gasteiger partial charge in [-0.2, -0.15) is 0 Å². The summed E-state index contributed by atoms with van der Waals surface area (Å²) in [4.78, 5) is 24.6. The van der Waals surface area contributed by atoms with Crippen molar-refractivity contribution in [2.45, 2.75) is 6.42 Å². The number of carboxylic acids is 1. The van der Waals surface area contributed by atoms with Crippen LogP contribution in [0.5, 0.6) is 0 Å². The Morgan fingerprint density at radius 3 is 2.80 bits per heavy atom. The van der Waals surface area contributed by atoms with Crippen LogP contribution >= 0.6 is 0 Å². The summed E-state index contributed by atoms with van der Waals surface area (Å²) in [5.41, 5.74) is -0.555. The van der Waals surface area contributed by atoms with Gasteiger partial charge in [0.15, 0.2) is 5.69 Å². The number of aliphatic hydroxyl groups is 1. The maximum atomic E-state index is 10.8. The highest BCUT2D eigenvalue weighted by atomic mass is 16.6. The van der Waals surface area contributed by atoms with Crippen molar-refractivity contribution >= 4 is 17.5 Å². The van der Waals surface area contributed by atoms with Gasteiger partial charge in [-0.25, -0.2) is 9.78 Å². The Balaban J connectivity index is 2.63. The van der Waals surface area contributed by atoms with Gasteiger partial charge < -0.3 is 20.3 Å². The molecule has 0 atom stereocenters. The van der Waals surface area contributed by atoms with E-state index in [0.29, 0.717) is 19.6 Å². The lowest BCUT2D eigenvalue weighted by atomic mass is 10.3. The van der Waals surface area contributed by atoms with Crippen LogP contribution in [0.4, 0.5) is 11.5 Å². The normalized spacial score (nSPS) is 10.2. The summed E-state index contributed by atoms with van der Waals surface area (Å²) in [6, 6.07) is 2.18. The van der Waals surface area contributed by atoms with E-state index < -0.39 is 10.9 Å². The molecule has 20 heavy (non-hydrogen) atoms. The molecule has 0 aliphatic rings. The van der Waals surface area contributed by atoms with E-state index in [4.69, 9.17) is 14.9 Å². The molecule has 1 aromatic heterocycles. The van der Waals surface area contributed by atoms with Crippen LogP contribution in [0, 0.1) is 10.1 Å². The molecule has 0 saturated carbocycles. The summed E-state index contributed by atoms with van der Waals surface area (Å²) in [6.45, 7) is 0.871. The van der Waals surface area contributed by atoms with Gasteiger partial charge in [0, 0.05) is 19.2 Å². The number of rotatable bonds is 9. The molecule has 110 valence electrons. The second kappa shape index (κ2) is 8.02. The third-order valence-corrected chi connectivity index (χ3v) is 2.28. The number of nitrogens with zero attached hydrogens (tertiary/aromatic N) is 2. The minimum absolute atomic E-state index is 0.0683. The molecular weight excluding hydrogens is 270 g/mol. The van der Waals surface area contributed by atoms with E-state index in [1.54, 1.807) is 0 Å². The number of nitrogens with one attached hydrogen (secondary N) is 1. The largest absolute Gasteiger partial charge is 0.477 e. The maximum absolute atomic E-state index is 10.8. The Morgan fingerprint density at radius 2 is 2.20 bits per heavy atom. The molecule has 0 fully saturated rings. The lowest BCUT2D eigenvalue weighted by Gasteiger charge is -2.07. The molecule has 0 aromatic carbocycles. The molecule has 0 amide bonds. The van der Waals surface area contributed by atoms with Gasteiger partial charge in [0.2, 0.25) is 5.82 Å². The standard InChI is InChI=1S/C11H15N3O6/c15-5-7-20-6-1-4-12-10-9(14(18)19)3-2-8(13-10)11(16)17/h2-3,15H,1,4-7H2,(H,12,13)(H,16,17). The number of aliphatic hydroxyl groups excluding tert-OH is 1. The van der Waals surface area contributed by atoms with Crippen LogP contribution in [0.25, 0.3) is 0 Å². The van der Waals surface area contributed by atoms with Crippen LogP contribution in [0.1, 0.15) is 16.9 Å². The van der Waals surface area contributed by atoms with Crippen molar-refractivity contribution in [2.75, 3.05) is 31.7 Å². The predicted octanol–water partition coefficient (Wildman–Crippen LogP) is 0.499. The van der Waals surface area contributed by atoms with Gasteiger partial charge in [-0.1, -0.05) is 0 Å². The molecule has 1 heterocycles. The van der Waals surface area contributed by atoms with Crippen molar-refractivity contribution in [3.05, 3.63) is 27.9 Å². The molecule has 1 rings (SSSR count). The summed E-state index contributed by atoms with van der Waals surface area (Å²) < 4.78 is 5.02. The number of nitro groups is 1. The molecular formula is C11H15N3O6. The van der Waals surface area contributed by atoms with Crippen molar-refractivity contribution in [3.63, 3.8) is 0 Å². The first-order valence-corrected chi connectivity index (χ1v) is 5.87. The van der Waals surface area contributed by atoms with Gasteiger partial charge in [-0.3, -0.25) is 10.1 Å². The number of carbonyl (C=O) groups is 1. The summed E-state index contributed by atoms with van der Waals surface area (Å²) >= 11 is 0. The Morgan fingerprint density at radius 1 is 1.45 bits per heavy atom. The first-order chi connectivity index (χ1) is 9.56. The molecule has 0 aliphatic heterocycles. The van der Waals surface area contributed by atoms with Crippen molar-refractivity contribution in [3.8, 4) is 0 Å². The van der Waals surface area contributed by atoms with Gasteiger partial charge in [0.25, 0.3) is 0 Å². The second-order valence-corrected chi connectivity index (χ2v) is 3.74. The van der Waals surface area contributed by atoms with Crippen LogP contribution in [-0.4, -0.2) is 52.5 Å². The molecule has 1 aromatic rings. The maximum Gasteiger partial charge on any atom is 0.354 e. The number of aromatic carboxylic acids is 1. The average molecular weight is 285 g/mol. The lowest BCUT2D eigenvalue weighted by Crippen LogP contribution is -2.11. The average Bonchev–Trinajstić information content (AvgIpc) is 2.42. The van der Waals surface area contributed by atoms with E-state index in [9.17, 15) is 14.9 Å². The Bertz CT molecular complexity index is 479. The zero-order valence-corrected chi connectivity index (χ0v) is 10.6. The van der Waals surface area contributed by atoms with Crippen molar-refractivity contribution in [2.24, 2.45) is 0 Å². The first kappa shape index (κ1) is 15.8. The van der Waals surface area contributed by atoms with Crippen molar-refractivity contribution < 1.29 is 24.7 Å². The number of pyridine rings is 1. The monoisotopic (exact) mass is 285 g/mol. The smallest absolute Gasteiger partial charge is 0.354 e. The Hall–Kier alpha value is -2.26. The fraction of sp³-hybridized carbons (Fsp3) is 0.455. The molecule has 9 nitrogen and oxygen atoms in total. The van der Waals surface area contributed by atoms with Crippen LogP contribution < -0.4 is 5.32 Å². The van der Waals surface area contributed by atoms with Crippen LogP contribution in [0.2, 0.25) is 0 Å². The highest BCUT2D eigenvalue weighted by molar-refractivity contribution is 5.86. The van der Waals surface area contributed by atoms with Gasteiger partial charge in [-0.05, 0) is 12.5 Å². The molecule has 9 heteroatoms. The molecule has 0 saturated heterocycles. The fourth-order valence-corrected chi connectivity index (χ4v) is 1.40. The van der Waals surface area contributed by atoms with Crippen LogP contribution in [0.3, 0.4) is 0 Å². The molecule has 0 spiro atoms. The highest BCUT2D eigenvalue weighted by Crippen LogP contribution is 2.21. The lowest BCUT2D eigenvalue weighted by molar-refractivity contribution is -0.384. The molecule has 0 bridgehead atoms. The quantitative estimate of drug-likeness (QED) is 0.339. The fourth-order valence-electron chi connectivity index (χ4n) is 1.40. The van der Waals surface area contributed by atoms with Crippen molar-refractivity contribution in [1.29, 1.82) is 0 Å². The second-order valence-electron chi connectivity index (χ2n) is 3.74. The van der Waals surface area contributed by atoms with Crippen LogP contribution in [0.15, 0.2) is 12.1 Å². The Labute approximate surface area is 114 Å². The molecule has 0 radical (unpaired) electrons. The van der Waals surface area contributed by atoms with E-state index in [1.165, 1.54) is 0 Å². The predicted molar refractivity (Wildman–Crippen MR) is 68.9 cm³/mol. The highest BCUT2D eigenvalue weighted by Gasteiger charge is 2.17. The molecule has 3 N–H and O–H groups in total. The van der Waals surface area contributed by atoms with Gasteiger partial charge in [0.1, 0.15) is 0 Å². The molecule has 0 aliphatic carbocycles.